The molecule has 0 nitrogen and oxygen atoms in total. The van der Waals surface area contributed by atoms with E-state index in [0.29, 0.717) is 0 Å². The summed E-state index contributed by atoms with van der Waals surface area (Å²) < 4.78 is 6.07. The van der Waals surface area contributed by atoms with E-state index in [-0.39, 0.29) is 0 Å². The Balaban J connectivity index is 1.46. The average molecular weight is 521 g/mol. The van der Waals surface area contributed by atoms with Crippen molar-refractivity contribution >= 4 is 74.4 Å². The second kappa shape index (κ2) is 12.2. The van der Waals surface area contributed by atoms with Crippen LogP contribution in [0.3, 0.4) is 0 Å². The Morgan fingerprint density at radius 1 is 0.486 bits per heavy atom. The Morgan fingerprint density at radius 2 is 0.914 bits per heavy atom. The minimum absolute atomic E-state index is 1.22. The molecule has 3 aromatic heterocycles. The lowest BCUT2D eigenvalue weighted by atomic mass is 9.97. The van der Waals surface area contributed by atoms with Gasteiger partial charge in [0.25, 0.3) is 0 Å². The fraction of sp³-hybridized carbons (Fsp3) is 0.500. The molecule has 0 saturated heterocycles. The number of fused-ring (bicyclic) bond motifs is 7. The Bertz CT molecular complexity index is 1280. The van der Waals surface area contributed by atoms with Crippen LogP contribution in [0.4, 0.5) is 0 Å². The molecule has 5 rings (SSSR count). The third-order valence-electron chi connectivity index (χ3n) is 7.65. The molecule has 0 spiro atoms. The van der Waals surface area contributed by atoms with Crippen molar-refractivity contribution in [2.75, 3.05) is 0 Å². The third-order valence-corrected chi connectivity index (χ3v) is 11.0. The predicted octanol–water partition coefficient (Wildman–Crippen LogP) is 12.3. The minimum Gasteiger partial charge on any atom is -0.142 e. The number of rotatable bonds is 14. The van der Waals surface area contributed by atoms with Crippen LogP contribution in [0.1, 0.15) is 102 Å². The first-order valence-corrected chi connectivity index (χ1v) is 16.6. The summed E-state index contributed by atoms with van der Waals surface area (Å²) in [5, 5.41) is 10.7. The molecule has 0 aliphatic heterocycles. The number of aryl methyl sites for hydroxylation is 2. The van der Waals surface area contributed by atoms with Gasteiger partial charge in [-0.3, -0.25) is 0 Å². The quantitative estimate of drug-likeness (QED) is 0.128. The fourth-order valence-corrected chi connectivity index (χ4v) is 9.14. The van der Waals surface area contributed by atoms with Crippen molar-refractivity contribution in [1.29, 1.82) is 0 Å². The van der Waals surface area contributed by atoms with Crippen LogP contribution in [0.2, 0.25) is 0 Å². The van der Waals surface area contributed by atoms with Gasteiger partial charge in [0.05, 0.1) is 18.8 Å². The van der Waals surface area contributed by atoms with Crippen LogP contribution in [-0.4, -0.2) is 0 Å². The molecule has 35 heavy (non-hydrogen) atoms. The number of hydrogen-bond donors (Lipinski definition) is 0. The standard InChI is InChI=1S/C32H40S3/c1-3-5-7-9-11-13-15-23-21-27-28-22-24(16-14-12-10-8-6-4-2)26-18-20-34-30(26)32(28)35-31(27)29-25(23)17-19-33-29/h17-22H,3-16H2,1-2H3. The zero-order valence-corrected chi connectivity index (χ0v) is 24.0. The van der Waals surface area contributed by atoms with Gasteiger partial charge in [0.15, 0.2) is 0 Å². The molecule has 2 aromatic carbocycles. The highest BCUT2D eigenvalue weighted by molar-refractivity contribution is 7.33. The van der Waals surface area contributed by atoms with Gasteiger partial charge in [-0.25, -0.2) is 0 Å². The molecule has 3 heterocycles. The largest absolute Gasteiger partial charge is 0.142 e. The van der Waals surface area contributed by atoms with Crippen LogP contribution in [0.15, 0.2) is 35.0 Å². The molecule has 0 bridgehead atoms. The van der Waals surface area contributed by atoms with Gasteiger partial charge in [-0.2, -0.15) is 0 Å². The van der Waals surface area contributed by atoms with E-state index in [1.807, 2.05) is 34.0 Å². The van der Waals surface area contributed by atoms with E-state index in [1.54, 1.807) is 11.1 Å². The predicted molar refractivity (Wildman–Crippen MR) is 164 cm³/mol. The molecular formula is C32H40S3. The van der Waals surface area contributed by atoms with Crippen molar-refractivity contribution in [3.63, 3.8) is 0 Å². The lowest BCUT2D eigenvalue weighted by molar-refractivity contribution is 0.608. The van der Waals surface area contributed by atoms with Crippen molar-refractivity contribution < 1.29 is 0 Å². The first kappa shape index (κ1) is 25.2. The van der Waals surface area contributed by atoms with Crippen LogP contribution in [0, 0.1) is 0 Å². The molecule has 0 amide bonds. The van der Waals surface area contributed by atoms with Crippen LogP contribution < -0.4 is 0 Å². The second-order valence-electron chi connectivity index (χ2n) is 10.3. The number of hydrogen-bond acceptors (Lipinski definition) is 3. The van der Waals surface area contributed by atoms with E-state index >= 15 is 0 Å². The van der Waals surface area contributed by atoms with Crippen molar-refractivity contribution in [3.8, 4) is 0 Å². The molecule has 0 radical (unpaired) electrons. The maximum atomic E-state index is 2.57. The minimum atomic E-state index is 1.22. The second-order valence-corrected chi connectivity index (χ2v) is 13.1. The smallest absolute Gasteiger partial charge is 0.0534 e. The van der Waals surface area contributed by atoms with E-state index in [4.69, 9.17) is 0 Å². The van der Waals surface area contributed by atoms with Gasteiger partial charge in [-0.15, -0.1) is 34.0 Å². The molecule has 0 N–H and O–H groups in total. The van der Waals surface area contributed by atoms with Gasteiger partial charge < -0.3 is 0 Å². The van der Waals surface area contributed by atoms with Gasteiger partial charge in [0.2, 0.25) is 0 Å². The van der Waals surface area contributed by atoms with Gasteiger partial charge in [-0.1, -0.05) is 78.1 Å². The van der Waals surface area contributed by atoms with Crippen molar-refractivity contribution in [1.82, 2.24) is 0 Å². The molecule has 3 heteroatoms. The highest BCUT2D eigenvalue weighted by atomic mass is 32.1. The molecule has 0 fully saturated rings. The summed E-state index contributed by atoms with van der Waals surface area (Å²) in [5.74, 6) is 0. The van der Waals surface area contributed by atoms with Crippen LogP contribution in [-0.2, 0) is 12.8 Å². The van der Waals surface area contributed by atoms with Crippen molar-refractivity contribution in [2.24, 2.45) is 0 Å². The van der Waals surface area contributed by atoms with Gasteiger partial charge in [0, 0.05) is 10.8 Å². The molecule has 5 aromatic rings. The maximum Gasteiger partial charge on any atom is 0.0534 e. The number of unbranched alkanes of at least 4 members (excludes halogenated alkanes) is 10. The molecule has 0 atom stereocenters. The molecule has 0 aliphatic carbocycles. The lowest BCUT2D eigenvalue weighted by Crippen LogP contribution is -1.89. The summed E-state index contributed by atoms with van der Waals surface area (Å²) in [6.45, 7) is 4.60. The summed E-state index contributed by atoms with van der Waals surface area (Å²) in [6.07, 6.45) is 18.8. The maximum absolute atomic E-state index is 2.57. The Labute approximate surface area is 223 Å². The highest BCUT2D eigenvalue weighted by Gasteiger charge is 2.17. The zero-order valence-electron chi connectivity index (χ0n) is 21.6. The highest BCUT2D eigenvalue weighted by Crippen LogP contribution is 2.46. The van der Waals surface area contributed by atoms with E-state index < -0.39 is 0 Å². The Morgan fingerprint density at radius 3 is 1.37 bits per heavy atom. The van der Waals surface area contributed by atoms with Crippen LogP contribution in [0.25, 0.3) is 40.3 Å². The topological polar surface area (TPSA) is 0 Å². The molecule has 0 saturated carbocycles. The van der Waals surface area contributed by atoms with Crippen molar-refractivity contribution in [3.05, 3.63) is 46.2 Å². The summed E-state index contributed by atoms with van der Waals surface area (Å²) in [6, 6.07) is 9.90. The summed E-state index contributed by atoms with van der Waals surface area (Å²) in [7, 11) is 0. The number of thiophene rings is 3. The molecule has 0 aliphatic rings. The first-order chi connectivity index (χ1) is 17.3. The van der Waals surface area contributed by atoms with E-state index in [1.165, 1.54) is 130 Å². The lowest BCUT2D eigenvalue weighted by Gasteiger charge is -2.07. The molecule has 0 unspecified atom stereocenters. The Kier molecular flexibility index (Phi) is 8.81. The summed E-state index contributed by atoms with van der Waals surface area (Å²) in [5.41, 5.74) is 3.15. The van der Waals surface area contributed by atoms with Crippen LogP contribution in [0.5, 0.6) is 0 Å². The SMILES string of the molecule is CCCCCCCCc1cc2c3cc(CCCCCCCC)c4ccsc4c3sc2c2sccc12. The summed E-state index contributed by atoms with van der Waals surface area (Å²) >= 11 is 5.93. The van der Waals surface area contributed by atoms with E-state index in [2.05, 4.69) is 48.9 Å². The van der Waals surface area contributed by atoms with Crippen molar-refractivity contribution in [2.45, 2.75) is 104 Å². The monoisotopic (exact) mass is 520 g/mol. The fourth-order valence-electron chi connectivity index (χ4n) is 5.67. The number of benzene rings is 2. The first-order valence-electron chi connectivity index (χ1n) is 14.1. The van der Waals surface area contributed by atoms with E-state index in [9.17, 15) is 0 Å². The van der Waals surface area contributed by atoms with Gasteiger partial charge in [0.1, 0.15) is 0 Å². The third kappa shape index (κ3) is 5.48. The normalized spacial score (nSPS) is 12.2. The molecule has 186 valence electrons. The Hall–Kier alpha value is -1.42. The zero-order chi connectivity index (χ0) is 24.0. The van der Waals surface area contributed by atoms with E-state index in [0.717, 1.165) is 0 Å². The van der Waals surface area contributed by atoms with Gasteiger partial charge >= 0.3 is 0 Å². The average Bonchev–Trinajstić information content (AvgIpc) is 3.61. The summed E-state index contributed by atoms with van der Waals surface area (Å²) in [4.78, 5) is 0. The van der Waals surface area contributed by atoms with Crippen LogP contribution >= 0.6 is 34.0 Å². The molecular weight excluding hydrogens is 481 g/mol. The van der Waals surface area contributed by atoms with Gasteiger partial charge in [-0.05, 0) is 82.6 Å².